The Labute approximate surface area is 222 Å². The average Bonchev–Trinajstić information content (AvgIpc) is 3.15. The van der Waals surface area contributed by atoms with Crippen LogP contribution in [0.1, 0.15) is 68.2 Å². The highest BCUT2D eigenvalue weighted by atomic mass is 35.5. The summed E-state index contributed by atoms with van der Waals surface area (Å²) in [4.78, 5) is 30.4. The van der Waals surface area contributed by atoms with E-state index in [1.165, 1.54) is 11.8 Å². The maximum absolute atomic E-state index is 13.2. The Morgan fingerprint density at radius 3 is 2.39 bits per heavy atom. The van der Waals surface area contributed by atoms with Gasteiger partial charge in [-0.15, -0.1) is 11.8 Å². The Kier molecular flexibility index (Phi) is 9.25. The van der Waals surface area contributed by atoms with Crippen LogP contribution in [0.3, 0.4) is 0 Å². The maximum atomic E-state index is 13.2. The predicted octanol–water partition coefficient (Wildman–Crippen LogP) is 7.61. The second kappa shape index (κ2) is 12.0. The highest BCUT2D eigenvalue weighted by Crippen LogP contribution is 2.34. The average molecular weight is 528 g/mol. The number of unbranched alkanes of at least 4 members (excludes halogenated alkanes) is 3. The minimum Gasteiger partial charge on any atom is -0.480 e. The Balaban J connectivity index is 1.92. The van der Waals surface area contributed by atoms with Crippen molar-refractivity contribution in [3.8, 4) is 11.4 Å². The molecule has 0 aliphatic heterocycles. The van der Waals surface area contributed by atoms with Gasteiger partial charge in [-0.3, -0.25) is 9.59 Å². The monoisotopic (exact) mass is 527 g/mol. The number of hydrogen-bond donors (Lipinski definition) is 2. The molecule has 0 saturated heterocycles. The first kappa shape index (κ1) is 27.8. The first-order valence-corrected chi connectivity index (χ1v) is 13.4. The molecule has 1 aromatic heterocycles. The molecule has 0 aliphatic rings. The Morgan fingerprint density at radius 2 is 1.78 bits per heavy atom. The Hall–Kier alpha value is -2.77. The molecule has 2 N–H and O–H groups in total. The molecule has 6 nitrogen and oxygen atoms in total. The van der Waals surface area contributed by atoms with Gasteiger partial charge in [0.2, 0.25) is 0 Å². The summed E-state index contributed by atoms with van der Waals surface area (Å²) in [5, 5.41) is 13.0. The van der Waals surface area contributed by atoms with E-state index in [9.17, 15) is 14.7 Å². The number of imidazole rings is 1. The topological polar surface area (TPSA) is 84.2 Å². The minimum absolute atomic E-state index is 0.262. The van der Waals surface area contributed by atoms with Crippen molar-refractivity contribution in [1.29, 1.82) is 0 Å². The van der Waals surface area contributed by atoms with Gasteiger partial charge in [0.15, 0.2) is 0 Å². The van der Waals surface area contributed by atoms with Gasteiger partial charge in [-0.05, 0) is 70.0 Å². The minimum atomic E-state index is -0.930. The lowest BCUT2D eigenvalue weighted by atomic mass is 10.2. The number of hydrogen-bond acceptors (Lipinski definition) is 4. The third-order valence-corrected chi connectivity index (χ3v) is 7.54. The summed E-state index contributed by atoms with van der Waals surface area (Å²) >= 11 is 7.36. The number of carboxylic acid groups (broad SMARTS) is 1. The number of anilines is 1. The predicted molar refractivity (Wildman–Crippen MR) is 148 cm³/mol. The summed E-state index contributed by atoms with van der Waals surface area (Å²) in [6.45, 7) is 10.2. The van der Waals surface area contributed by atoms with Crippen LogP contribution in [0.4, 0.5) is 5.69 Å². The maximum Gasteiger partial charge on any atom is 0.319 e. The van der Waals surface area contributed by atoms with Crippen LogP contribution in [0.5, 0.6) is 0 Å². The van der Waals surface area contributed by atoms with Crippen molar-refractivity contribution in [3.63, 3.8) is 0 Å². The van der Waals surface area contributed by atoms with E-state index in [2.05, 4.69) is 16.8 Å². The molecule has 0 bridgehead atoms. The fraction of sp³-hybridized carbons (Fsp3) is 0.393. The molecule has 3 rings (SSSR count). The number of aromatic nitrogens is 2. The molecule has 0 spiro atoms. The molecule has 1 amide bonds. The summed E-state index contributed by atoms with van der Waals surface area (Å²) in [7, 11) is 0. The second-order valence-corrected chi connectivity index (χ2v) is 11.6. The van der Waals surface area contributed by atoms with Crippen LogP contribution in [0.15, 0.2) is 47.4 Å². The number of nitrogens with zero attached hydrogens (tertiary/aromatic N) is 2. The zero-order valence-corrected chi connectivity index (χ0v) is 23.1. The summed E-state index contributed by atoms with van der Waals surface area (Å²) in [5.74, 6) is -0.390. The third kappa shape index (κ3) is 6.71. The van der Waals surface area contributed by atoms with Gasteiger partial charge in [0, 0.05) is 33.4 Å². The van der Waals surface area contributed by atoms with E-state index >= 15 is 0 Å². The van der Waals surface area contributed by atoms with Crippen LogP contribution in [0.2, 0.25) is 5.02 Å². The second-order valence-electron chi connectivity index (χ2n) is 9.44. The number of aryl methyl sites for hydroxylation is 1. The Bertz CT molecular complexity index is 1240. The molecule has 0 saturated carbocycles. The summed E-state index contributed by atoms with van der Waals surface area (Å²) in [5.41, 5.74) is 3.67. The van der Waals surface area contributed by atoms with E-state index in [1.54, 1.807) is 26.0 Å². The van der Waals surface area contributed by atoms with E-state index in [4.69, 9.17) is 16.6 Å². The van der Waals surface area contributed by atoms with Crippen molar-refractivity contribution < 1.29 is 14.7 Å². The van der Waals surface area contributed by atoms with Crippen molar-refractivity contribution in [2.45, 2.75) is 76.5 Å². The molecular weight excluding hydrogens is 494 g/mol. The van der Waals surface area contributed by atoms with E-state index in [-0.39, 0.29) is 5.91 Å². The molecule has 0 fully saturated rings. The molecular formula is C28H34ClN3O3S. The third-order valence-electron chi connectivity index (χ3n) is 6.11. The van der Waals surface area contributed by atoms with Gasteiger partial charge in [-0.25, -0.2) is 4.98 Å². The number of halogens is 1. The first-order chi connectivity index (χ1) is 17.0. The van der Waals surface area contributed by atoms with E-state index in [0.717, 1.165) is 59.8 Å². The lowest BCUT2D eigenvalue weighted by Crippen LogP contribution is -2.26. The van der Waals surface area contributed by atoms with Crippen LogP contribution < -0.4 is 5.32 Å². The molecule has 1 heterocycles. The lowest BCUT2D eigenvalue weighted by molar-refractivity contribution is -0.138. The standard InChI is InChI=1S/C28H34ClN3O3S/c1-6-7-8-9-16-32-19(3)24(26(33)30-23-15-12-21(29)17-18(23)2)31-25(32)20-10-13-22(14-11-20)36-28(4,5)27(34)35/h10-15,17H,6-9,16H2,1-5H3,(H,30,33)(H,34,35). The molecule has 0 atom stereocenters. The SMILES string of the molecule is CCCCCCn1c(-c2ccc(SC(C)(C)C(=O)O)cc2)nc(C(=O)Nc2ccc(Cl)cc2C)c1C. The van der Waals surface area contributed by atoms with Gasteiger partial charge in [0.25, 0.3) is 5.91 Å². The van der Waals surface area contributed by atoms with E-state index < -0.39 is 10.7 Å². The van der Waals surface area contributed by atoms with Crippen molar-refractivity contribution in [3.05, 3.63) is 64.4 Å². The number of nitrogens with one attached hydrogen (secondary N) is 1. The van der Waals surface area contributed by atoms with E-state index in [1.807, 2.05) is 44.2 Å². The van der Waals surface area contributed by atoms with Gasteiger partial charge >= 0.3 is 5.97 Å². The number of rotatable bonds is 11. The van der Waals surface area contributed by atoms with Crippen LogP contribution in [-0.4, -0.2) is 31.3 Å². The van der Waals surface area contributed by atoms with Crippen LogP contribution in [-0.2, 0) is 11.3 Å². The van der Waals surface area contributed by atoms with Crippen molar-refractivity contribution >= 4 is 40.9 Å². The van der Waals surface area contributed by atoms with E-state index in [0.29, 0.717) is 16.4 Å². The smallest absolute Gasteiger partial charge is 0.319 e. The van der Waals surface area contributed by atoms with Crippen LogP contribution in [0, 0.1) is 13.8 Å². The van der Waals surface area contributed by atoms with Gasteiger partial charge in [0.05, 0.1) is 0 Å². The summed E-state index contributed by atoms with van der Waals surface area (Å²) < 4.78 is 1.18. The normalized spacial score (nSPS) is 11.5. The lowest BCUT2D eigenvalue weighted by Gasteiger charge is -2.18. The molecule has 0 radical (unpaired) electrons. The number of carbonyl (C=O) groups is 2. The summed E-state index contributed by atoms with van der Waals surface area (Å²) in [6, 6.07) is 13.1. The zero-order chi connectivity index (χ0) is 26.5. The number of aliphatic carboxylic acids is 1. The van der Waals surface area contributed by atoms with Crippen molar-refractivity contribution in [1.82, 2.24) is 9.55 Å². The quantitative estimate of drug-likeness (QED) is 0.198. The highest BCUT2D eigenvalue weighted by Gasteiger charge is 2.28. The molecule has 3 aromatic rings. The number of thioether (sulfide) groups is 1. The molecule has 36 heavy (non-hydrogen) atoms. The van der Waals surface area contributed by atoms with Crippen molar-refractivity contribution in [2.75, 3.05) is 5.32 Å². The van der Waals surface area contributed by atoms with Crippen LogP contribution in [0.25, 0.3) is 11.4 Å². The Morgan fingerprint density at radius 1 is 1.08 bits per heavy atom. The van der Waals surface area contributed by atoms with Gasteiger partial charge < -0.3 is 15.0 Å². The molecule has 8 heteroatoms. The highest BCUT2D eigenvalue weighted by molar-refractivity contribution is 8.01. The molecule has 192 valence electrons. The van der Waals surface area contributed by atoms with Gasteiger partial charge in [-0.2, -0.15) is 0 Å². The number of carboxylic acids is 1. The molecule has 0 unspecified atom stereocenters. The fourth-order valence-electron chi connectivity index (χ4n) is 3.90. The van der Waals surface area contributed by atoms with Gasteiger partial charge in [0.1, 0.15) is 16.3 Å². The van der Waals surface area contributed by atoms with Crippen LogP contribution >= 0.6 is 23.4 Å². The molecule has 0 aliphatic carbocycles. The summed E-state index contributed by atoms with van der Waals surface area (Å²) in [6.07, 6.45) is 4.42. The fourth-order valence-corrected chi connectivity index (χ4v) is 5.07. The number of benzene rings is 2. The first-order valence-electron chi connectivity index (χ1n) is 12.2. The number of carbonyl (C=O) groups excluding carboxylic acids is 1. The zero-order valence-electron chi connectivity index (χ0n) is 21.5. The molecule has 2 aromatic carbocycles. The van der Waals surface area contributed by atoms with Crippen molar-refractivity contribution in [2.24, 2.45) is 0 Å². The number of amides is 1. The van der Waals surface area contributed by atoms with Gasteiger partial charge in [-0.1, -0.05) is 49.9 Å². The largest absolute Gasteiger partial charge is 0.480 e.